The van der Waals surface area contributed by atoms with Gasteiger partial charge in [0, 0.05) is 30.5 Å². The predicted molar refractivity (Wildman–Crippen MR) is 83.7 cm³/mol. The van der Waals surface area contributed by atoms with Crippen molar-refractivity contribution in [2.24, 2.45) is 0 Å². The SMILES string of the molecule is CCCn1cncc1CN1CCc2cc(C(C)=O)ccc21. The van der Waals surface area contributed by atoms with Crippen molar-refractivity contribution in [3.63, 3.8) is 0 Å². The lowest BCUT2D eigenvalue weighted by atomic mass is 10.1. The van der Waals surface area contributed by atoms with E-state index in [2.05, 4.69) is 27.4 Å². The molecule has 0 fully saturated rings. The molecule has 0 amide bonds. The van der Waals surface area contributed by atoms with Crippen molar-refractivity contribution in [3.05, 3.63) is 47.5 Å². The van der Waals surface area contributed by atoms with Gasteiger partial charge in [0.05, 0.1) is 18.6 Å². The molecular weight excluding hydrogens is 262 g/mol. The number of hydrogen-bond donors (Lipinski definition) is 0. The second-order valence-electron chi connectivity index (χ2n) is 5.65. The molecule has 0 saturated carbocycles. The van der Waals surface area contributed by atoms with Crippen molar-refractivity contribution in [1.82, 2.24) is 9.55 Å². The van der Waals surface area contributed by atoms with Gasteiger partial charge < -0.3 is 9.47 Å². The van der Waals surface area contributed by atoms with Gasteiger partial charge in [0.1, 0.15) is 0 Å². The van der Waals surface area contributed by atoms with Crippen molar-refractivity contribution in [2.75, 3.05) is 11.4 Å². The third kappa shape index (κ3) is 2.71. The van der Waals surface area contributed by atoms with Gasteiger partial charge in [-0.2, -0.15) is 0 Å². The van der Waals surface area contributed by atoms with Gasteiger partial charge in [0.2, 0.25) is 0 Å². The van der Waals surface area contributed by atoms with Gasteiger partial charge >= 0.3 is 0 Å². The average molecular weight is 283 g/mol. The van der Waals surface area contributed by atoms with Crippen LogP contribution in [0.3, 0.4) is 0 Å². The van der Waals surface area contributed by atoms with Crippen LogP contribution < -0.4 is 4.90 Å². The van der Waals surface area contributed by atoms with Crippen molar-refractivity contribution in [3.8, 4) is 0 Å². The van der Waals surface area contributed by atoms with Gasteiger partial charge in [-0.05, 0) is 43.5 Å². The number of fused-ring (bicyclic) bond motifs is 1. The molecular formula is C17H21N3O. The van der Waals surface area contributed by atoms with Crippen LogP contribution >= 0.6 is 0 Å². The molecule has 0 atom stereocenters. The topological polar surface area (TPSA) is 38.1 Å². The maximum atomic E-state index is 11.5. The molecule has 0 radical (unpaired) electrons. The highest BCUT2D eigenvalue weighted by molar-refractivity contribution is 5.94. The Morgan fingerprint density at radius 1 is 1.38 bits per heavy atom. The van der Waals surface area contributed by atoms with Crippen LogP contribution in [0.15, 0.2) is 30.7 Å². The highest BCUT2D eigenvalue weighted by atomic mass is 16.1. The van der Waals surface area contributed by atoms with Crippen LogP contribution in [-0.4, -0.2) is 21.9 Å². The number of hydrogen-bond acceptors (Lipinski definition) is 3. The second kappa shape index (κ2) is 5.72. The van der Waals surface area contributed by atoms with Crippen LogP contribution in [0.25, 0.3) is 0 Å². The number of carbonyl (C=O) groups is 1. The molecule has 110 valence electrons. The minimum absolute atomic E-state index is 0.136. The highest BCUT2D eigenvalue weighted by Gasteiger charge is 2.21. The Morgan fingerprint density at radius 2 is 2.24 bits per heavy atom. The largest absolute Gasteiger partial charge is 0.365 e. The third-order valence-corrected chi connectivity index (χ3v) is 4.09. The first-order chi connectivity index (χ1) is 10.2. The number of Topliss-reactive ketones (excluding diaryl/α,β-unsaturated/α-hetero) is 1. The molecule has 4 nitrogen and oxygen atoms in total. The summed E-state index contributed by atoms with van der Waals surface area (Å²) in [5.41, 5.74) is 4.60. The van der Waals surface area contributed by atoms with Crippen LogP contribution in [0, 0.1) is 0 Å². The Morgan fingerprint density at radius 3 is 3.00 bits per heavy atom. The molecule has 3 rings (SSSR count). The van der Waals surface area contributed by atoms with Gasteiger partial charge in [-0.1, -0.05) is 6.92 Å². The van der Waals surface area contributed by atoms with Crippen molar-refractivity contribution in [2.45, 2.75) is 39.8 Å². The summed E-state index contributed by atoms with van der Waals surface area (Å²) < 4.78 is 2.22. The van der Waals surface area contributed by atoms with E-state index in [9.17, 15) is 4.79 Å². The van der Waals surface area contributed by atoms with Crippen LogP contribution in [0.4, 0.5) is 5.69 Å². The maximum Gasteiger partial charge on any atom is 0.159 e. The Kier molecular flexibility index (Phi) is 3.78. The van der Waals surface area contributed by atoms with Crippen LogP contribution in [0.2, 0.25) is 0 Å². The summed E-state index contributed by atoms with van der Waals surface area (Å²) in [6.45, 7) is 6.70. The number of anilines is 1. The first kappa shape index (κ1) is 13.9. The van der Waals surface area contributed by atoms with E-state index in [1.54, 1.807) is 6.92 Å². The summed E-state index contributed by atoms with van der Waals surface area (Å²) in [6, 6.07) is 6.06. The molecule has 21 heavy (non-hydrogen) atoms. The van der Waals surface area contributed by atoms with Crippen LogP contribution in [0.1, 0.15) is 41.9 Å². The fourth-order valence-corrected chi connectivity index (χ4v) is 2.97. The molecule has 1 aliphatic rings. The van der Waals surface area contributed by atoms with E-state index >= 15 is 0 Å². The van der Waals surface area contributed by atoms with Gasteiger partial charge in [-0.25, -0.2) is 4.98 Å². The van der Waals surface area contributed by atoms with Crippen LogP contribution in [0.5, 0.6) is 0 Å². The molecule has 2 aromatic rings. The lowest BCUT2D eigenvalue weighted by Gasteiger charge is -2.20. The smallest absolute Gasteiger partial charge is 0.159 e. The number of aryl methyl sites for hydroxylation is 1. The molecule has 4 heteroatoms. The number of carbonyl (C=O) groups excluding carboxylic acids is 1. The van der Waals surface area contributed by atoms with E-state index in [0.29, 0.717) is 0 Å². The average Bonchev–Trinajstić information content (AvgIpc) is 3.07. The minimum Gasteiger partial charge on any atom is -0.365 e. The number of imidazole rings is 1. The zero-order valence-electron chi connectivity index (χ0n) is 12.7. The van der Waals surface area contributed by atoms with Gasteiger partial charge in [0.15, 0.2) is 5.78 Å². The maximum absolute atomic E-state index is 11.5. The quantitative estimate of drug-likeness (QED) is 0.792. The molecule has 0 N–H and O–H groups in total. The molecule has 0 bridgehead atoms. The fraction of sp³-hybridized carbons (Fsp3) is 0.412. The molecule has 0 saturated heterocycles. The summed E-state index contributed by atoms with van der Waals surface area (Å²) in [4.78, 5) is 18.1. The number of ketones is 1. The summed E-state index contributed by atoms with van der Waals surface area (Å²) in [5.74, 6) is 0.136. The Bertz CT molecular complexity index is 660. The highest BCUT2D eigenvalue weighted by Crippen LogP contribution is 2.30. The molecule has 1 aromatic heterocycles. The number of nitrogens with zero attached hydrogens (tertiary/aromatic N) is 3. The van der Waals surface area contributed by atoms with E-state index in [1.165, 1.54) is 16.9 Å². The molecule has 2 heterocycles. The predicted octanol–water partition coefficient (Wildman–Crippen LogP) is 3.06. The van der Waals surface area contributed by atoms with E-state index in [1.807, 2.05) is 24.7 Å². The Balaban J connectivity index is 1.81. The molecule has 1 aromatic carbocycles. The standard InChI is InChI=1S/C17H21N3O/c1-3-7-20-12-18-10-16(20)11-19-8-6-15-9-14(13(2)21)4-5-17(15)19/h4-5,9-10,12H,3,6-8,11H2,1-2H3. The number of benzene rings is 1. The third-order valence-electron chi connectivity index (χ3n) is 4.09. The second-order valence-corrected chi connectivity index (χ2v) is 5.65. The molecule has 0 aliphatic carbocycles. The lowest BCUT2D eigenvalue weighted by molar-refractivity contribution is 0.101. The minimum atomic E-state index is 0.136. The summed E-state index contributed by atoms with van der Waals surface area (Å²) >= 11 is 0. The first-order valence-electron chi connectivity index (χ1n) is 7.57. The van der Waals surface area contributed by atoms with E-state index < -0.39 is 0 Å². The van der Waals surface area contributed by atoms with Crippen molar-refractivity contribution < 1.29 is 4.79 Å². The zero-order valence-corrected chi connectivity index (χ0v) is 12.7. The Labute approximate surface area is 125 Å². The molecule has 1 aliphatic heterocycles. The number of aromatic nitrogens is 2. The van der Waals surface area contributed by atoms with Gasteiger partial charge in [-0.3, -0.25) is 4.79 Å². The zero-order chi connectivity index (χ0) is 14.8. The summed E-state index contributed by atoms with van der Waals surface area (Å²) in [5, 5.41) is 0. The summed E-state index contributed by atoms with van der Waals surface area (Å²) in [7, 11) is 0. The van der Waals surface area contributed by atoms with Crippen LogP contribution in [-0.2, 0) is 19.5 Å². The molecule has 0 spiro atoms. The van der Waals surface area contributed by atoms with E-state index in [-0.39, 0.29) is 5.78 Å². The van der Waals surface area contributed by atoms with Gasteiger partial charge in [-0.15, -0.1) is 0 Å². The van der Waals surface area contributed by atoms with Crippen molar-refractivity contribution in [1.29, 1.82) is 0 Å². The normalized spacial score (nSPS) is 13.5. The Hall–Kier alpha value is -2.10. The fourth-order valence-electron chi connectivity index (χ4n) is 2.97. The van der Waals surface area contributed by atoms with Gasteiger partial charge in [0.25, 0.3) is 0 Å². The lowest BCUT2D eigenvalue weighted by Crippen LogP contribution is -2.21. The molecule has 0 unspecified atom stereocenters. The first-order valence-corrected chi connectivity index (χ1v) is 7.57. The van der Waals surface area contributed by atoms with E-state index in [4.69, 9.17) is 0 Å². The van der Waals surface area contributed by atoms with E-state index in [0.717, 1.165) is 38.0 Å². The van der Waals surface area contributed by atoms with Crippen molar-refractivity contribution >= 4 is 11.5 Å². The number of rotatable bonds is 5. The summed E-state index contributed by atoms with van der Waals surface area (Å²) in [6.07, 6.45) is 5.99. The monoisotopic (exact) mass is 283 g/mol.